The van der Waals surface area contributed by atoms with Crippen molar-refractivity contribution in [2.24, 2.45) is 23.7 Å². The van der Waals surface area contributed by atoms with Gasteiger partial charge in [0.25, 0.3) is 11.8 Å². The number of imide groups is 1. The molecule has 4 amide bonds. The van der Waals surface area contributed by atoms with Crippen LogP contribution in [0.15, 0.2) is 66.2 Å². The molecule has 3 saturated carbocycles. The van der Waals surface area contributed by atoms with Gasteiger partial charge in [-0.2, -0.15) is 13.2 Å². The van der Waals surface area contributed by atoms with Crippen LogP contribution in [0.2, 0.25) is 0 Å². The van der Waals surface area contributed by atoms with Gasteiger partial charge in [-0.05, 0) is 85.5 Å². The lowest BCUT2D eigenvalue weighted by atomic mass is 9.83. The number of amides is 4. The zero-order chi connectivity index (χ0) is 36.4. The van der Waals surface area contributed by atoms with Crippen LogP contribution in [0, 0.1) is 35.3 Å². The Kier molecular flexibility index (Phi) is 8.58. The third-order valence-electron chi connectivity index (χ3n) is 10.2. The SMILES string of the molecule is COc1ccc(-c2cc(C3OC(=O)N(C)C3=O)ccc2F)cc1C(=O)N[C@@H]1C2CCC(/C2=C/C2CC2)[C@@H]1C(=O)Nc1ccc(F)c(C(F)(F)F)c1. The highest BCUT2D eigenvalue weighted by atomic mass is 19.4. The minimum absolute atomic E-state index is 0.0194. The minimum Gasteiger partial charge on any atom is -0.496 e. The molecular weight excluding hydrogens is 677 g/mol. The highest BCUT2D eigenvalue weighted by Gasteiger charge is 2.55. The lowest BCUT2D eigenvalue weighted by Crippen LogP contribution is -2.48. The molecule has 3 aliphatic carbocycles. The second kappa shape index (κ2) is 12.8. The maximum Gasteiger partial charge on any atom is 0.419 e. The van der Waals surface area contributed by atoms with E-state index in [4.69, 9.17) is 9.47 Å². The summed E-state index contributed by atoms with van der Waals surface area (Å²) >= 11 is 0. The molecule has 2 bridgehead atoms. The number of fused-ring (bicyclic) bond motifs is 2. The van der Waals surface area contributed by atoms with Crippen molar-refractivity contribution in [2.75, 3.05) is 19.5 Å². The first-order chi connectivity index (χ1) is 24.2. The first kappa shape index (κ1) is 34.2. The third kappa shape index (κ3) is 6.31. The van der Waals surface area contributed by atoms with Crippen LogP contribution in [0.5, 0.6) is 5.75 Å². The number of methoxy groups -OCH3 is 1. The molecule has 7 rings (SSSR count). The minimum atomic E-state index is -4.97. The largest absolute Gasteiger partial charge is 0.496 e. The molecular formula is C37H32F5N3O6. The standard InChI is InChI=1S/C37H32F5N3O6/c1-45-35(48)32(51-36(45)49)19-5-10-27(38)23(15-19)18-6-12-29(50-2)25(14-18)33(46)44-31-22-9-8-21(24(22)13-17-3-4-17)30(31)34(47)43-20-7-11-28(39)26(16-20)37(40,41)42/h5-7,10-17,21-22,30-32H,3-4,8-9H2,1-2H3,(H,43,47)(H,44,46)/b24-13-/t21?,22?,30-,31+,32?/m0/s1. The summed E-state index contributed by atoms with van der Waals surface area (Å²) in [6.07, 6.45) is -1.60. The maximum atomic E-state index is 15.3. The van der Waals surface area contributed by atoms with E-state index in [0.717, 1.165) is 35.4 Å². The summed E-state index contributed by atoms with van der Waals surface area (Å²) in [7, 11) is 2.62. The fourth-order valence-electron chi connectivity index (χ4n) is 7.52. The van der Waals surface area contributed by atoms with Crippen molar-refractivity contribution >= 4 is 29.5 Å². The first-order valence-electron chi connectivity index (χ1n) is 16.4. The average molecular weight is 710 g/mol. The maximum absolute atomic E-state index is 15.3. The molecule has 2 N–H and O–H groups in total. The number of alkyl halides is 3. The van der Waals surface area contributed by atoms with E-state index >= 15 is 4.39 Å². The molecule has 1 heterocycles. The molecule has 4 fully saturated rings. The molecule has 0 radical (unpaired) electrons. The van der Waals surface area contributed by atoms with Crippen LogP contribution < -0.4 is 15.4 Å². The smallest absolute Gasteiger partial charge is 0.419 e. The van der Waals surface area contributed by atoms with Gasteiger partial charge in [0.2, 0.25) is 12.0 Å². The Hall–Kier alpha value is -5.27. The van der Waals surface area contributed by atoms with E-state index < -0.39 is 65.3 Å². The lowest BCUT2D eigenvalue weighted by molar-refractivity contribution is -0.140. The summed E-state index contributed by atoms with van der Waals surface area (Å²) in [4.78, 5) is 53.2. The van der Waals surface area contributed by atoms with E-state index in [1.165, 1.54) is 44.5 Å². The van der Waals surface area contributed by atoms with Gasteiger partial charge in [-0.15, -0.1) is 0 Å². The fraction of sp³-hybridized carbons (Fsp3) is 0.351. The number of halogens is 5. The number of rotatable bonds is 8. The van der Waals surface area contributed by atoms with E-state index in [2.05, 4.69) is 16.7 Å². The van der Waals surface area contributed by atoms with Crippen molar-refractivity contribution in [3.05, 3.63) is 94.6 Å². The van der Waals surface area contributed by atoms with Gasteiger partial charge in [0.15, 0.2) is 0 Å². The Morgan fingerprint density at radius 1 is 0.941 bits per heavy atom. The van der Waals surface area contributed by atoms with E-state index in [9.17, 15) is 36.7 Å². The summed E-state index contributed by atoms with van der Waals surface area (Å²) in [6, 6.07) is 9.72. The Balaban J connectivity index is 1.19. The number of carbonyl (C=O) groups is 4. The molecule has 4 aliphatic rings. The van der Waals surface area contributed by atoms with Crippen LogP contribution in [0.25, 0.3) is 11.1 Å². The van der Waals surface area contributed by atoms with Gasteiger partial charge >= 0.3 is 12.3 Å². The second-order valence-electron chi connectivity index (χ2n) is 13.3. The van der Waals surface area contributed by atoms with Crippen LogP contribution in [-0.4, -0.2) is 48.9 Å². The number of anilines is 1. The molecule has 3 aromatic carbocycles. The number of nitrogens with zero attached hydrogens (tertiary/aromatic N) is 1. The molecule has 9 nitrogen and oxygen atoms in total. The highest BCUT2D eigenvalue weighted by molar-refractivity contribution is 6.01. The van der Waals surface area contributed by atoms with Crippen LogP contribution >= 0.6 is 0 Å². The van der Waals surface area contributed by atoms with Crippen molar-refractivity contribution in [3.8, 4) is 16.9 Å². The molecule has 1 aliphatic heterocycles. The van der Waals surface area contributed by atoms with Crippen molar-refractivity contribution in [1.82, 2.24) is 10.2 Å². The van der Waals surface area contributed by atoms with Crippen LogP contribution in [0.4, 0.5) is 32.4 Å². The predicted molar refractivity (Wildman–Crippen MR) is 172 cm³/mol. The van der Waals surface area contributed by atoms with Gasteiger partial charge in [-0.1, -0.05) is 23.8 Å². The number of hydrogen-bond acceptors (Lipinski definition) is 6. The summed E-state index contributed by atoms with van der Waals surface area (Å²) < 4.78 is 80.1. The van der Waals surface area contributed by atoms with E-state index in [1.807, 2.05) is 0 Å². The topological polar surface area (TPSA) is 114 Å². The zero-order valence-corrected chi connectivity index (χ0v) is 27.4. The first-order valence-corrected chi connectivity index (χ1v) is 16.4. The molecule has 266 valence electrons. The Morgan fingerprint density at radius 2 is 1.67 bits per heavy atom. The van der Waals surface area contributed by atoms with Gasteiger partial charge < -0.3 is 20.1 Å². The Bertz CT molecular complexity index is 1990. The van der Waals surface area contributed by atoms with E-state index in [0.29, 0.717) is 30.9 Å². The van der Waals surface area contributed by atoms with Crippen molar-refractivity contribution in [1.29, 1.82) is 0 Å². The third-order valence-corrected chi connectivity index (χ3v) is 10.2. The quantitative estimate of drug-likeness (QED) is 0.192. The predicted octanol–water partition coefficient (Wildman–Crippen LogP) is 7.04. The average Bonchev–Trinajstić information content (AvgIpc) is 3.70. The fourth-order valence-corrected chi connectivity index (χ4v) is 7.52. The molecule has 3 unspecified atom stereocenters. The molecule has 1 saturated heterocycles. The number of carbonyl (C=O) groups excluding carboxylic acids is 4. The van der Waals surface area contributed by atoms with Gasteiger partial charge in [0.1, 0.15) is 17.4 Å². The summed E-state index contributed by atoms with van der Waals surface area (Å²) in [5.41, 5.74) is -0.189. The summed E-state index contributed by atoms with van der Waals surface area (Å²) in [6.45, 7) is 0. The van der Waals surface area contributed by atoms with E-state index in [1.54, 1.807) is 0 Å². The van der Waals surface area contributed by atoms with Gasteiger partial charge in [0.05, 0.1) is 24.2 Å². The number of ether oxygens (including phenoxy) is 2. The summed E-state index contributed by atoms with van der Waals surface area (Å²) in [5.74, 6) is -4.80. The number of cyclic esters (lactones) is 1. The number of likely N-dealkylation sites (N-methyl/N-ethyl adjacent to an activating group) is 1. The van der Waals surface area contributed by atoms with Gasteiger partial charge in [-0.3, -0.25) is 14.4 Å². The van der Waals surface area contributed by atoms with Crippen molar-refractivity contribution in [2.45, 2.75) is 44.0 Å². The molecule has 5 atom stereocenters. The molecule has 51 heavy (non-hydrogen) atoms. The van der Waals surface area contributed by atoms with E-state index in [-0.39, 0.29) is 45.5 Å². The molecule has 3 aromatic rings. The zero-order valence-electron chi connectivity index (χ0n) is 27.4. The Morgan fingerprint density at radius 3 is 2.33 bits per heavy atom. The Labute approximate surface area is 288 Å². The molecule has 0 aromatic heterocycles. The number of allylic oxidation sites excluding steroid dienone is 1. The molecule has 14 heteroatoms. The number of hydrogen-bond donors (Lipinski definition) is 2. The van der Waals surface area contributed by atoms with Crippen LogP contribution in [0.1, 0.15) is 53.3 Å². The second-order valence-corrected chi connectivity index (χ2v) is 13.3. The van der Waals surface area contributed by atoms with Crippen molar-refractivity contribution in [3.63, 3.8) is 0 Å². The van der Waals surface area contributed by atoms with Crippen molar-refractivity contribution < 1.29 is 50.6 Å². The van der Waals surface area contributed by atoms with Gasteiger partial charge in [-0.25, -0.2) is 18.5 Å². The number of benzene rings is 3. The van der Waals surface area contributed by atoms with Crippen LogP contribution in [0.3, 0.4) is 0 Å². The number of nitrogens with one attached hydrogen (secondary N) is 2. The monoisotopic (exact) mass is 709 g/mol. The lowest BCUT2D eigenvalue weighted by Gasteiger charge is -2.30. The summed E-state index contributed by atoms with van der Waals surface area (Å²) in [5, 5.41) is 5.52. The normalized spacial score (nSPS) is 25.0. The van der Waals surface area contributed by atoms with Gasteiger partial charge in [0, 0.05) is 35.8 Å². The molecule has 0 spiro atoms. The van der Waals surface area contributed by atoms with Crippen LogP contribution in [-0.2, 0) is 20.5 Å². The highest BCUT2D eigenvalue weighted by Crippen LogP contribution is 2.54.